The lowest BCUT2D eigenvalue weighted by Gasteiger charge is -2.03. The van der Waals surface area contributed by atoms with Gasteiger partial charge in [0.25, 0.3) is 0 Å². The predicted octanol–water partition coefficient (Wildman–Crippen LogP) is 0.514. The van der Waals surface area contributed by atoms with E-state index in [1.165, 1.54) is 0 Å². The molecule has 0 saturated carbocycles. The zero-order valence-corrected chi connectivity index (χ0v) is 9.11. The van der Waals surface area contributed by atoms with E-state index >= 15 is 0 Å². The van der Waals surface area contributed by atoms with Crippen LogP contribution in [0, 0.1) is 12.3 Å². The zero-order valence-electron chi connectivity index (χ0n) is 9.11. The van der Waals surface area contributed by atoms with E-state index in [9.17, 15) is 0 Å². The summed E-state index contributed by atoms with van der Waals surface area (Å²) < 4.78 is 10.6. The molecule has 1 saturated heterocycles. The van der Waals surface area contributed by atoms with Gasteiger partial charge in [0, 0.05) is 13.0 Å². The molecular weight excluding hydrogens is 206 g/mol. The average molecular weight is 221 g/mol. The molecule has 2 heterocycles. The highest BCUT2D eigenvalue weighted by molar-refractivity contribution is 4.91. The van der Waals surface area contributed by atoms with Gasteiger partial charge in [-0.2, -0.15) is 4.98 Å². The van der Waals surface area contributed by atoms with Crippen molar-refractivity contribution >= 4 is 0 Å². The van der Waals surface area contributed by atoms with Crippen LogP contribution in [0.3, 0.4) is 0 Å². The smallest absolute Gasteiger partial charge is 0.240 e. The number of hydrogen-bond acceptors (Lipinski definition) is 5. The molecule has 5 nitrogen and oxygen atoms in total. The monoisotopic (exact) mass is 221 g/mol. The molecular formula is C11H15N3O2. The molecule has 0 radical (unpaired) electrons. The van der Waals surface area contributed by atoms with E-state index in [1.54, 1.807) is 0 Å². The van der Waals surface area contributed by atoms with Crippen molar-refractivity contribution in [1.29, 1.82) is 0 Å². The third kappa shape index (κ3) is 3.05. The van der Waals surface area contributed by atoms with E-state index in [0.29, 0.717) is 24.8 Å². The minimum atomic E-state index is 0.254. The standard InChI is InChI=1S/C11H15N3O2/c1-2-5-12-8-11-13-10(14-16-11)7-9-4-3-6-15-9/h1,9,12H,3-8H2. The first kappa shape index (κ1) is 11.1. The topological polar surface area (TPSA) is 60.2 Å². The Labute approximate surface area is 94.6 Å². The van der Waals surface area contributed by atoms with Gasteiger partial charge in [0.05, 0.1) is 19.2 Å². The van der Waals surface area contributed by atoms with Gasteiger partial charge in [-0.3, -0.25) is 5.32 Å². The molecule has 1 fully saturated rings. The number of terminal acetylenes is 1. The molecule has 0 spiro atoms. The summed E-state index contributed by atoms with van der Waals surface area (Å²) in [7, 11) is 0. The molecule has 1 aliphatic heterocycles. The maximum Gasteiger partial charge on any atom is 0.240 e. The molecule has 0 bridgehead atoms. The van der Waals surface area contributed by atoms with Gasteiger partial charge in [-0.25, -0.2) is 0 Å². The summed E-state index contributed by atoms with van der Waals surface area (Å²) in [6.45, 7) is 1.87. The van der Waals surface area contributed by atoms with Gasteiger partial charge >= 0.3 is 0 Å². The van der Waals surface area contributed by atoms with Crippen molar-refractivity contribution in [2.75, 3.05) is 13.2 Å². The largest absolute Gasteiger partial charge is 0.378 e. The SMILES string of the molecule is C#CCNCc1nc(CC2CCCO2)no1. The first-order valence-electron chi connectivity index (χ1n) is 5.45. The van der Waals surface area contributed by atoms with Crippen molar-refractivity contribution in [3.05, 3.63) is 11.7 Å². The summed E-state index contributed by atoms with van der Waals surface area (Å²) in [5.41, 5.74) is 0. The van der Waals surface area contributed by atoms with E-state index in [2.05, 4.69) is 21.4 Å². The van der Waals surface area contributed by atoms with Crippen molar-refractivity contribution in [2.45, 2.75) is 31.9 Å². The molecule has 5 heteroatoms. The van der Waals surface area contributed by atoms with Gasteiger partial charge in [0.1, 0.15) is 0 Å². The maximum atomic E-state index is 5.50. The first-order valence-corrected chi connectivity index (χ1v) is 5.45. The van der Waals surface area contributed by atoms with E-state index in [4.69, 9.17) is 15.7 Å². The van der Waals surface area contributed by atoms with E-state index in [1.807, 2.05) is 0 Å². The Hall–Kier alpha value is -1.38. The Morgan fingerprint density at radius 2 is 2.50 bits per heavy atom. The van der Waals surface area contributed by atoms with E-state index < -0.39 is 0 Å². The normalized spacial score (nSPS) is 19.8. The van der Waals surface area contributed by atoms with Crippen molar-refractivity contribution in [3.8, 4) is 12.3 Å². The average Bonchev–Trinajstić information content (AvgIpc) is 2.91. The number of ether oxygens (including phenoxy) is 1. The number of hydrogen-bond donors (Lipinski definition) is 1. The van der Waals surface area contributed by atoms with Crippen molar-refractivity contribution in [3.63, 3.8) is 0 Å². The van der Waals surface area contributed by atoms with Crippen LogP contribution in [-0.4, -0.2) is 29.4 Å². The van der Waals surface area contributed by atoms with Crippen molar-refractivity contribution in [2.24, 2.45) is 0 Å². The van der Waals surface area contributed by atoms with Crippen LogP contribution in [0.25, 0.3) is 0 Å². The molecule has 1 unspecified atom stereocenters. The lowest BCUT2D eigenvalue weighted by molar-refractivity contribution is 0.109. The van der Waals surface area contributed by atoms with Gasteiger partial charge in [0.2, 0.25) is 5.89 Å². The minimum Gasteiger partial charge on any atom is -0.378 e. The maximum absolute atomic E-state index is 5.50. The van der Waals surface area contributed by atoms with Gasteiger partial charge < -0.3 is 9.26 Å². The molecule has 0 aromatic carbocycles. The third-order valence-corrected chi connectivity index (χ3v) is 2.45. The van der Waals surface area contributed by atoms with E-state index in [0.717, 1.165) is 25.9 Å². The highest BCUT2D eigenvalue weighted by Crippen LogP contribution is 2.15. The summed E-state index contributed by atoms with van der Waals surface area (Å²) in [4.78, 5) is 4.26. The van der Waals surface area contributed by atoms with Crippen LogP contribution in [-0.2, 0) is 17.7 Å². The Morgan fingerprint density at radius 1 is 1.56 bits per heavy atom. The third-order valence-electron chi connectivity index (χ3n) is 2.45. The second-order valence-corrected chi connectivity index (χ2v) is 3.75. The minimum absolute atomic E-state index is 0.254. The summed E-state index contributed by atoms with van der Waals surface area (Å²) in [6.07, 6.45) is 8.31. The molecule has 16 heavy (non-hydrogen) atoms. The van der Waals surface area contributed by atoms with Gasteiger partial charge in [-0.05, 0) is 12.8 Å². The lowest BCUT2D eigenvalue weighted by atomic mass is 10.2. The lowest BCUT2D eigenvalue weighted by Crippen LogP contribution is -2.13. The number of aromatic nitrogens is 2. The quantitative estimate of drug-likeness (QED) is 0.580. The molecule has 1 aliphatic rings. The Kier molecular flexibility index (Phi) is 3.91. The molecule has 1 aromatic heterocycles. The highest BCUT2D eigenvalue weighted by atomic mass is 16.5. The van der Waals surface area contributed by atoms with Gasteiger partial charge in [0.15, 0.2) is 5.82 Å². The predicted molar refractivity (Wildman–Crippen MR) is 57.5 cm³/mol. The number of nitrogens with one attached hydrogen (secondary N) is 1. The molecule has 0 aliphatic carbocycles. The van der Waals surface area contributed by atoms with Crippen LogP contribution >= 0.6 is 0 Å². The Morgan fingerprint density at radius 3 is 3.25 bits per heavy atom. The van der Waals surface area contributed by atoms with Gasteiger partial charge in [-0.15, -0.1) is 6.42 Å². The van der Waals surface area contributed by atoms with Crippen molar-refractivity contribution in [1.82, 2.24) is 15.5 Å². The molecule has 1 aromatic rings. The van der Waals surface area contributed by atoms with Crippen LogP contribution in [0.4, 0.5) is 0 Å². The Balaban J connectivity index is 1.80. The van der Waals surface area contributed by atoms with Crippen LogP contribution < -0.4 is 5.32 Å². The number of nitrogens with zero attached hydrogens (tertiary/aromatic N) is 2. The second-order valence-electron chi connectivity index (χ2n) is 3.75. The van der Waals surface area contributed by atoms with Crippen LogP contribution in [0.15, 0.2) is 4.52 Å². The summed E-state index contributed by atoms with van der Waals surface area (Å²) in [6, 6.07) is 0. The highest BCUT2D eigenvalue weighted by Gasteiger charge is 2.18. The Bertz CT molecular complexity index is 364. The summed E-state index contributed by atoms with van der Waals surface area (Å²) in [5, 5.41) is 6.90. The molecule has 86 valence electrons. The van der Waals surface area contributed by atoms with Crippen LogP contribution in [0.2, 0.25) is 0 Å². The van der Waals surface area contributed by atoms with Gasteiger partial charge in [-0.1, -0.05) is 11.1 Å². The first-order chi connectivity index (χ1) is 7.88. The van der Waals surface area contributed by atoms with Crippen molar-refractivity contribution < 1.29 is 9.26 Å². The molecule has 1 atom stereocenters. The zero-order chi connectivity index (χ0) is 11.2. The molecule has 2 rings (SSSR count). The fourth-order valence-corrected chi connectivity index (χ4v) is 1.70. The second kappa shape index (κ2) is 5.64. The molecule has 1 N–H and O–H groups in total. The molecule has 0 amide bonds. The summed E-state index contributed by atoms with van der Waals surface area (Å²) >= 11 is 0. The fraction of sp³-hybridized carbons (Fsp3) is 0.636. The van der Waals surface area contributed by atoms with Crippen LogP contribution in [0.5, 0.6) is 0 Å². The summed E-state index contributed by atoms with van der Waals surface area (Å²) in [5.74, 6) is 3.77. The van der Waals surface area contributed by atoms with Crippen LogP contribution in [0.1, 0.15) is 24.6 Å². The fourth-order valence-electron chi connectivity index (χ4n) is 1.70. The number of rotatable bonds is 5. The van der Waals surface area contributed by atoms with E-state index in [-0.39, 0.29) is 6.10 Å².